The Morgan fingerprint density at radius 3 is 2.73 bits per heavy atom. The molecule has 1 N–H and O–H groups in total. The number of carboxylic acid groups (broad SMARTS) is 1. The number of nitrogens with zero attached hydrogens (tertiary/aromatic N) is 3. The smallest absolute Gasteiger partial charge is 0.323 e. The highest BCUT2D eigenvalue weighted by atomic mass is 16.4. The summed E-state index contributed by atoms with van der Waals surface area (Å²) in [5.41, 5.74) is 0. The van der Waals surface area contributed by atoms with Gasteiger partial charge < -0.3 is 10.0 Å². The predicted octanol–water partition coefficient (Wildman–Crippen LogP) is 1.02. The van der Waals surface area contributed by atoms with Gasteiger partial charge in [0.15, 0.2) is 0 Å². The van der Waals surface area contributed by atoms with Gasteiger partial charge in [-0.3, -0.25) is 9.78 Å². The Labute approximate surface area is 88.8 Å². The van der Waals surface area contributed by atoms with Crippen molar-refractivity contribution in [2.45, 2.75) is 13.8 Å². The zero-order valence-corrected chi connectivity index (χ0v) is 8.92. The molecule has 5 nitrogen and oxygen atoms in total. The lowest BCUT2D eigenvalue weighted by Gasteiger charge is -2.22. The molecule has 0 aromatic carbocycles. The molecule has 0 aliphatic heterocycles. The third-order valence-corrected chi connectivity index (χ3v) is 1.79. The van der Waals surface area contributed by atoms with E-state index in [4.69, 9.17) is 5.11 Å². The number of aliphatic carboxylic acids is 1. The van der Waals surface area contributed by atoms with Crippen LogP contribution in [0, 0.1) is 5.92 Å². The van der Waals surface area contributed by atoms with Crippen LogP contribution in [0.25, 0.3) is 0 Å². The number of hydrogen-bond donors (Lipinski definition) is 1. The van der Waals surface area contributed by atoms with Gasteiger partial charge >= 0.3 is 5.97 Å². The summed E-state index contributed by atoms with van der Waals surface area (Å²) in [5, 5.41) is 8.77. The summed E-state index contributed by atoms with van der Waals surface area (Å²) in [7, 11) is 0. The van der Waals surface area contributed by atoms with E-state index < -0.39 is 5.97 Å². The van der Waals surface area contributed by atoms with Crippen LogP contribution in [0.15, 0.2) is 18.6 Å². The maximum absolute atomic E-state index is 10.7. The van der Waals surface area contributed by atoms with Crippen LogP contribution in [-0.2, 0) is 4.79 Å². The standard InChI is InChI=1S/C10H15N3O2/c1-8(2)6-13(7-10(14)15)9-5-11-3-4-12-9/h3-5,8H,6-7H2,1-2H3,(H,14,15). The number of anilines is 1. The third kappa shape index (κ3) is 3.93. The lowest BCUT2D eigenvalue weighted by Crippen LogP contribution is -2.33. The molecular weight excluding hydrogens is 194 g/mol. The van der Waals surface area contributed by atoms with Crippen LogP contribution in [0.3, 0.4) is 0 Å². The summed E-state index contributed by atoms with van der Waals surface area (Å²) in [5.74, 6) is 0.126. The van der Waals surface area contributed by atoms with Gasteiger partial charge in [-0.1, -0.05) is 13.8 Å². The van der Waals surface area contributed by atoms with Crippen LogP contribution in [-0.4, -0.2) is 34.1 Å². The molecule has 1 aromatic rings. The van der Waals surface area contributed by atoms with Crippen LogP contribution in [0.2, 0.25) is 0 Å². The van der Waals surface area contributed by atoms with Crippen molar-refractivity contribution in [2.24, 2.45) is 5.92 Å². The van der Waals surface area contributed by atoms with Crippen LogP contribution in [0.5, 0.6) is 0 Å². The highest BCUT2D eigenvalue weighted by Crippen LogP contribution is 2.09. The molecule has 0 aliphatic carbocycles. The first-order chi connectivity index (χ1) is 7.09. The number of carbonyl (C=O) groups is 1. The second-order valence-corrected chi connectivity index (χ2v) is 3.73. The molecule has 5 heteroatoms. The third-order valence-electron chi connectivity index (χ3n) is 1.79. The first-order valence-electron chi connectivity index (χ1n) is 4.82. The highest BCUT2D eigenvalue weighted by Gasteiger charge is 2.13. The average molecular weight is 209 g/mol. The lowest BCUT2D eigenvalue weighted by atomic mass is 10.2. The molecule has 0 spiro atoms. The maximum Gasteiger partial charge on any atom is 0.323 e. The number of aromatic nitrogens is 2. The minimum Gasteiger partial charge on any atom is -0.480 e. The fourth-order valence-electron chi connectivity index (χ4n) is 1.30. The largest absolute Gasteiger partial charge is 0.480 e. The molecule has 1 heterocycles. The SMILES string of the molecule is CC(C)CN(CC(=O)O)c1cnccn1. The predicted molar refractivity (Wildman–Crippen MR) is 56.7 cm³/mol. The average Bonchev–Trinajstić information content (AvgIpc) is 2.17. The van der Waals surface area contributed by atoms with E-state index in [9.17, 15) is 4.79 Å². The molecule has 15 heavy (non-hydrogen) atoms. The Morgan fingerprint density at radius 1 is 1.53 bits per heavy atom. The highest BCUT2D eigenvalue weighted by molar-refractivity contribution is 5.73. The van der Waals surface area contributed by atoms with Gasteiger partial charge in [-0.05, 0) is 5.92 Å². The fraction of sp³-hybridized carbons (Fsp3) is 0.500. The maximum atomic E-state index is 10.7. The van der Waals surface area contributed by atoms with Gasteiger partial charge in [0.2, 0.25) is 0 Å². The summed E-state index contributed by atoms with van der Waals surface area (Å²) < 4.78 is 0. The fourth-order valence-corrected chi connectivity index (χ4v) is 1.30. The lowest BCUT2D eigenvalue weighted by molar-refractivity contribution is -0.135. The first-order valence-corrected chi connectivity index (χ1v) is 4.82. The van der Waals surface area contributed by atoms with Crippen molar-refractivity contribution in [1.29, 1.82) is 0 Å². The van der Waals surface area contributed by atoms with Crippen molar-refractivity contribution in [3.05, 3.63) is 18.6 Å². The van der Waals surface area contributed by atoms with Crippen molar-refractivity contribution in [2.75, 3.05) is 18.0 Å². The number of rotatable bonds is 5. The molecule has 0 saturated carbocycles. The Kier molecular flexibility index (Phi) is 4.03. The van der Waals surface area contributed by atoms with Crippen molar-refractivity contribution < 1.29 is 9.90 Å². The summed E-state index contributed by atoms with van der Waals surface area (Å²) in [6, 6.07) is 0. The zero-order chi connectivity index (χ0) is 11.3. The summed E-state index contributed by atoms with van der Waals surface area (Å²) >= 11 is 0. The van der Waals surface area contributed by atoms with Crippen LogP contribution in [0.4, 0.5) is 5.82 Å². The molecule has 1 rings (SSSR count). The molecule has 0 fully saturated rings. The molecule has 0 atom stereocenters. The van der Waals surface area contributed by atoms with Gasteiger partial charge in [-0.15, -0.1) is 0 Å². The minimum absolute atomic E-state index is 0.0448. The van der Waals surface area contributed by atoms with Gasteiger partial charge in [-0.2, -0.15) is 0 Å². The molecular formula is C10H15N3O2. The van der Waals surface area contributed by atoms with E-state index in [-0.39, 0.29) is 6.54 Å². The zero-order valence-electron chi connectivity index (χ0n) is 8.92. The van der Waals surface area contributed by atoms with Gasteiger partial charge in [0.05, 0.1) is 6.20 Å². The van der Waals surface area contributed by atoms with E-state index in [2.05, 4.69) is 9.97 Å². The van der Waals surface area contributed by atoms with Crippen molar-refractivity contribution in [1.82, 2.24) is 9.97 Å². The van der Waals surface area contributed by atoms with E-state index in [1.807, 2.05) is 13.8 Å². The van der Waals surface area contributed by atoms with E-state index in [1.54, 1.807) is 23.5 Å². The van der Waals surface area contributed by atoms with Crippen LogP contribution >= 0.6 is 0 Å². The second kappa shape index (κ2) is 5.29. The molecule has 0 radical (unpaired) electrons. The normalized spacial score (nSPS) is 10.3. The van der Waals surface area contributed by atoms with E-state index >= 15 is 0 Å². The van der Waals surface area contributed by atoms with Crippen LogP contribution < -0.4 is 4.90 Å². The van der Waals surface area contributed by atoms with E-state index in [0.717, 1.165) is 0 Å². The molecule has 0 unspecified atom stereocenters. The summed E-state index contributed by atoms with van der Waals surface area (Å²) in [6.07, 6.45) is 4.70. The van der Waals surface area contributed by atoms with E-state index in [1.165, 1.54) is 0 Å². The monoisotopic (exact) mass is 209 g/mol. The van der Waals surface area contributed by atoms with Gasteiger partial charge in [0.1, 0.15) is 12.4 Å². The topological polar surface area (TPSA) is 66.3 Å². The Morgan fingerprint density at radius 2 is 2.27 bits per heavy atom. The number of carboxylic acids is 1. The van der Waals surface area contributed by atoms with Crippen molar-refractivity contribution >= 4 is 11.8 Å². The summed E-state index contributed by atoms with van der Waals surface area (Å²) in [4.78, 5) is 20.4. The van der Waals surface area contributed by atoms with Crippen LogP contribution in [0.1, 0.15) is 13.8 Å². The molecule has 0 aliphatic rings. The Balaban J connectivity index is 2.76. The second-order valence-electron chi connectivity index (χ2n) is 3.73. The first kappa shape index (κ1) is 11.4. The Hall–Kier alpha value is -1.65. The summed E-state index contributed by atoms with van der Waals surface area (Å²) in [6.45, 7) is 4.68. The minimum atomic E-state index is -0.860. The molecule has 0 saturated heterocycles. The van der Waals surface area contributed by atoms with Crippen molar-refractivity contribution in [3.63, 3.8) is 0 Å². The van der Waals surface area contributed by atoms with Crippen molar-refractivity contribution in [3.8, 4) is 0 Å². The van der Waals surface area contributed by atoms with Gasteiger partial charge in [-0.25, -0.2) is 4.98 Å². The van der Waals surface area contributed by atoms with E-state index in [0.29, 0.717) is 18.3 Å². The molecule has 82 valence electrons. The number of hydrogen-bond acceptors (Lipinski definition) is 4. The Bertz CT molecular complexity index is 314. The van der Waals surface area contributed by atoms with Gasteiger partial charge in [0.25, 0.3) is 0 Å². The quantitative estimate of drug-likeness (QED) is 0.784. The van der Waals surface area contributed by atoms with Gasteiger partial charge in [0, 0.05) is 18.9 Å². The molecule has 0 bridgehead atoms. The molecule has 1 aromatic heterocycles. The molecule has 0 amide bonds.